The predicted octanol–water partition coefficient (Wildman–Crippen LogP) is 2.31. The molecule has 0 aliphatic rings. The molecule has 0 saturated heterocycles. The lowest BCUT2D eigenvalue weighted by Gasteiger charge is -2.12. The number of halogens is 3. The first-order valence-corrected chi connectivity index (χ1v) is 5.14. The van der Waals surface area contributed by atoms with Crippen molar-refractivity contribution in [3.8, 4) is 11.5 Å². The number of alkyl halides is 2. The molecule has 1 rings (SSSR count). The Morgan fingerprint density at radius 3 is 2.58 bits per heavy atom. The van der Waals surface area contributed by atoms with Crippen molar-refractivity contribution in [1.29, 1.82) is 0 Å². The fourth-order valence-corrected chi connectivity index (χ4v) is 1.26. The van der Waals surface area contributed by atoms with Crippen LogP contribution in [0.15, 0.2) is 23.2 Å². The van der Waals surface area contributed by atoms with Gasteiger partial charge in [-0.25, -0.2) is 13.8 Å². The summed E-state index contributed by atoms with van der Waals surface area (Å²) < 4.78 is 34.1. The Morgan fingerprint density at radius 2 is 2.05 bits per heavy atom. The average Bonchev–Trinajstić information content (AvgIpc) is 2.36. The second-order valence-corrected chi connectivity index (χ2v) is 3.31. The van der Waals surface area contributed by atoms with Crippen LogP contribution >= 0.6 is 24.0 Å². The molecule has 0 fully saturated rings. The number of methoxy groups -OCH3 is 2. The van der Waals surface area contributed by atoms with E-state index in [0.717, 1.165) is 0 Å². The fraction of sp³-hybridized carbons (Fsp3) is 0.364. The number of ether oxygens (including phenoxy) is 2. The van der Waals surface area contributed by atoms with Gasteiger partial charge in [0.15, 0.2) is 5.96 Å². The molecule has 0 radical (unpaired) electrons. The molecule has 0 atom stereocenters. The molecule has 8 heteroatoms. The number of anilines is 1. The molecule has 1 aromatic carbocycles. The highest BCUT2D eigenvalue weighted by Crippen LogP contribution is 2.28. The number of nitrogens with one attached hydrogen (secondary N) is 1. The van der Waals surface area contributed by atoms with Crippen LogP contribution in [-0.4, -0.2) is 33.1 Å². The monoisotopic (exact) mass is 387 g/mol. The van der Waals surface area contributed by atoms with Gasteiger partial charge in [-0.1, -0.05) is 0 Å². The van der Waals surface area contributed by atoms with Crippen molar-refractivity contribution in [2.45, 2.75) is 6.43 Å². The lowest BCUT2D eigenvalue weighted by molar-refractivity contribution is 0.158. The molecule has 3 N–H and O–H groups in total. The quantitative estimate of drug-likeness (QED) is 0.462. The number of benzene rings is 1. The number of nitrogens with zero attached hydrogens (tertiary/aromatic N) is 1. The van der Waals surface area contributed by atoms with E-state index in [4.69, 9.17) is 15.2 Å². The van der Waals surface area contributed by atoms with Crippen LogP contribution in [0, 0.1) is 0 Å². The Balaban J connectivity index is 0.00000324. The third-order valence-corrected chi connectivity index (χ3v) is 2.07. The number of rotatable bonds is 5. The van der Waals surface area contributed by atoms with E-state index < -0.39 is 13.0 Å². The lowest BCUT2D eigenvalue weighted by atomic mass is 10.2. The third-order valence-electron chi connectivity index (χ3n) is 2.07. The molecular weight excluding hydrogens is 371 g/mol. The summed E-state index contributed by atoms with van der Waals surface area (Å²) in [6.45, 7) is -0.648. The minimum Gasteiger partial charge on any atom is -0.497 e. The van der Waals surface area contributed by atoms with Gasteiger partial charge in [0.1, 0.15) is 18.0 Å². The van der Waals surface area contributed by atoms with Gasteiger partial charge in [-0.05, 0) is 12.1 Å². The van der Waals surface area contributed by atoms with E-state index in [1.807, 2.05) is 0 Å². The molecule has 5 nitrogen and oxygen atoms in total. The lowest BCUT2D eigenvalue weighted by Crippen LogP contribution is -2.24. The largest absolute Gasteiger partial charge is 0.497 e. The van der Waals surface area contributed by atoms with E-state index in [1.54, 1.807) is 18.2 Å². The van der Waals surface area contributed by atoms with Crippen LogP contribution in [0.3, 0.4) is 0 Å². The summed E-state index contributed by atoms with van der Waals surface area (Å²) in [5.74, 6) is 0.979. The molecule has 0 saturated carbocycles. The first-order valence-electron chi connectivity index (χ1n) is 5.14. The van der Waals surface area contributed by atoms with E-state index in [9.17, 15) is 8.78 Å². The smallest absolute Gasteiger partial charge is 0.257 e. The number of nitrogens with two attached hydrogens (primary N) is 1. The summed E-state index contributed by atoms with van der Waals surface area (Å²) in [5, 5.41) is 2.68. The summed E-state index contributed by atoms with van der Waals surface area (Å²) in [5.41, 5.74) is 5.97. The first-order chi connectivity index (χ1) is 8.56. The van der Waals surface area contributed by atoms with Crippen molar-refractivity contribution >= 4 is 35.6 Å². The van der Waals surface area contributed by atoms with Crippen LogP contribution in [0.4, 0.5) is 14.5 Å². The van der Waals surface area contributed by atoms with Crippen molar-refractivity contribution in [3.63, 3.8) is 0 Å². The van der Waals surface area contributed by atoms with Crippen molar-refractivity contribution in [2.75, 3.05) is 26.1 Å². The van der Waals surface area contributed by atoms with E-state index in [2.05, 4.69) is 10.3 Å². The Hall–Kier alpha value is -1.32. The van der Waals surface area contributed by atoms with Gasteiger partial charge in [-0.3, -0.25) is 0 Å². The first kappa shape index (κ1) is 17.7. The number of hydrogen-bond donors (Lipinski definition) is 2. The minimum atomic E-state index is -2.53. The highest BCUT2D eigenvalue weighted by molar-refractivity contribution is 14.0. The van der Waals surface area contributed by atoms with E-state index in [1.165, 1.54) is 14.2 Å². The number of aliphatic imine (C=N–C) groups is 1. The molecule has 0 bridgehead atoms. The van der Waals surface area contributed by atoms with Crippen molar-refractivity contribution < 1.29 is 18.3 Å². The van der Waals surface area contributed by atoms with Crippen LogP contribution in [0.5, 0.6) is 11.5 Å². The van der Waals surface area contributed by atoms with Gasteiger partial charge in [0, 0.05) is 6.07 Å². The topological polar surface area (TPSA) is 68.9 Å². The molecule has 0 aliphatic heterocycles. The molecule has 19 heavy (non-hydrogen) atoms. The zero-order chi connectivity index (χ0) is 13.5. The normalized spacial score (nSPS) is 10.9. The number of hydrogen-bond acceptors (Lipinski definition) is 3. The molecule has 0 amide bonds. The zero-order valence-electron chi connectivity index (χ0n) is 10.5. The summed E-state index contributed by atoms with van der Waals surface area (Å²) in [6.07, 6.45) is -2.53. The second kappa shape index (κ2) is 8.73. The van der Waals surface area contributed by atoms with Crippen molar-refractivity contribution in [2.24, 2.45) is 10.7 Å². The zero-order valence-corrected chi connectivity index (χ0v) is 12.9. The van der Waals surface area contributed by atoms with Crippen LogP contribution in [0.2, 0.25) is 0 Å². The van der Waals surface area contributed by atoms with Gasteiger partial charge >= 0.3 is 0 Å². The highest BCUT2D eigenvalue weighted by Gasteiger charge is 2.07. The molecule has 0 heterocycles. The Bertz CT molecular complexity index is 430. The maximum absolute atomic E-state index is 12.0. The average molecular weight is 387 g/mol. The standard InChI is InChI=1S/C11H15F2N3O2.HI/c1-17-7-3-4-9(18-2)8(5-7)16-11(14)15-6-10(12)13;/h3-5,10H,6H2,1-2H3,(H3,14,15,16);1H. The molecule has 0 unspecified atom stereocenters. The van der Waals surface area contributed by atoms with Crippen molar-refractivity contribution in [3.05, 3.63) is 18.2 Å². The van der Waals surface area contributed by atoms with Gasteiger partial charge < -0.3 is 20.5 Å². The van der Waals surface area contributed by atoms with Gasteiger partial charge in [0.05, 0.1) is 19.9 Å². The Morgan fingerprint density at radius 1 is 1.37 bits per heavy atom. The Kier molecular flexibility index (Phi) is 8.12. The van der Waals surface area contributed by atoms with Crippen LogP contribution in [-0.2, 0) is 0 Å². The fourth-order valence-electron chi connectivity index (χ4n) is 1.26. The molecule has 108 valence electrons. The van der Waals surface area contributed by atoms with Crippen LogP contribution < -0.4 is 20.5 Å². The van der Waals surface area contributed by atoms with Gasteiger partial charge in [0.2, 0.25) is 0 Å². The molecular formula is C11H16F2IN3O2. The van der Waals surface area contributed by atoms with E-state index >= 15 is 0 Å². The summed E-state index contributed by atoms with van der Waals surface area (Å²) in [4.78, 5) is 3.49. The maximum Gasteiger partial charge on any atom is 0.257 e. The molecule has 0 aliphatic carbocycles. The highest BCUT2D eigenvalue weighted by atomic mass is 127. The summed E-state index contributed by atoms with van der Waals surface area (Å²) >= 11 is 0. The third kappa shape index (κ3) is 5.90. The molecule has 0 spiro atoms. The van der Waals surface area contributed by atoms with E-state index in [-0.39, 0.29) is 29.9 Å². The summed E-state index contributed by atoms with van der Waals surface area (Å²) in [6, 6.07) is 5.00. The summed E-state index contributed by atoms with van der Waals surface area (Å²) in [7, 11) is 3.00. The number of guanidine groups is 1. The minimum absolute atomic E-state index is 0. The van der Waals surface area contributed by atoms with Crippen LogP contribution in [0.1, 0.15) is 0 Å². The Labute approximate surface area is 127 Å². The predicted molar refractivity (Wildman–Crippen MR) is 81.1 cm³/mol. The van der Waals surface area contributed by atoms with Gasteiger partial charge in [-0.2, -0.15) is 0 Å². The van der Waals surface area contributed by atoms with Crippen molar-refractivity contribution in [1.82, 2.24) is 0 Å². The van der Waals surface area contributed by atoms with E-state index in [0.29, 0.717) is 17.2 Å². The molecule has 0 aromatic heterocycles. The maximum atomic E-state index is 12.0. The second-order valence-electron chi connectivity index (χ2n) is 3.31. The van der Waals surface area contributed by atoms with Gasteiger partial charge in [0.25, 0.3) is 6.43 Å². The van der Waals surface area contributed by atoms with Gasteiger partial charge in [-0.15, -0.1) is 24.0 Å². The van der Waals surface area contributed by atoms with Crippen LogP contribution in [0.25, 0.3) is 0 Å². The molecule has 1 aromatic rings. The SMILES string of the molecule is COc1ccc(OC)c(NC(N)=NCC(F)F)c1.I.